The SMILES string of the molecule is COc1cc(F)c(N2CCC(C=O)CC2)cc1F. The Balaban J connectivity index is 2.19. The number of benzene rings is 1. The Morgan fingerprint density at radius 1 is 1.28 bits per heavy atom. The van der Waals surface area contributed by atoms with Crippen LogP contribution >= 0.6 is 0 Å². The topological polar surface area (TPSA) is 29.5 Å². The molecule has 0 N–H and O–H groups in total. The van der Waals surface area contributed by atoms with Crippen LogP contribution < -0.4 is 9.64 Å². The van der Waals surface area contributed by atoms with Gasteiger partial charge in [0.25, 0.3) is 0 Å². The van der Waals surface area contributed by atoms with Crippen molar-refractivity contribution in [1.29, 1.82) is 0 Å². The summed E-state index contributed by atoms with van der Waals surface area (Å²) < 4.78 is 32.1. The summed E-state index contributed by atoms with van der Waals surface area (Å²) in [5, 5.41) is 0. The van der Waals surface area contributed by atoms with Crippen LogP contribution in [0.3, 0.4) is 0 Å². The van der Waals surface area contributed by atoms with Gasteiger partial charge in [-0.2, -0.15) is 0 Å². The maximum Gasteiger partial charge on any atom is 0.167 e. The highest BCUT2D eigenvalue weighted by Crippen LogP contribution is 2.30. The van der Waals surface area contributed by atoms with Crippen LogP contribution in [0.1, 0.15) is 12.8 Å². The average molecular weight is 255 g/mol. The van der Waals surface area contributed by atoms with E-state index in [1.165, 1.54) is 7.11 Å². The first-order valence-corrected chi connectivity index (χ1v) is 5.89. The first-order valence-electron chi connectivity index (χ1n) is 5.89. The summed E-state index contributed by atoms with van der Waals surface area (Å²) in [6.07, 6.45) is 2.29. The molecule has 1 heterocycles. The summed E-state index contributed by atoms with van der Waals surface area (Å²) in [5.41, 5.74) is 0.234. The molecule has 0 amide bonds. The lowest BCUT2D eigenvalue weighted by Gasteiger charge is -2.31. The molecule has 1 aromatic rings. The molecule has 0 unspecified atom stereocenters. The summed E-state index contributed by atoms with van der Waals surface area (Å²) >= 11 is 0. The number of aldehydes is 1. The molecule has 0 bridgehead atoms. The molecule has 1 aromatic carbocycles. The van der Waals surface area contributed by atoms with Crippen LogP contribution in [0.4, 0.5) is 14.5 Å². The third-order valence-corrected chi connectivity index (χ3v) is 3.29. The molecular formula is C13H15F2NO2. The standard InChI is InChI=1S/C13H15F2NO2/c1-18-13-7-10(14)12(6-11(13)15)16-4-2-9(8-17)3-5-16/h6-9H,2-5H2,1H3. The largest absolute Gasteiger partial charge is 0.494 e. The molecule has 1 aliphatic rings. The molecule has 0 spiro atoms. The number of hydrogen-bond acceptors (Lipinski definition) is 3. The molecule has 1 aliphatic heterocycles. The van der Waals surface area contributed by atoms with Crippen molar-refractivity contribution in [2.45, 2.75) is 12.8 Å². The number of carbonyl (C=O) groups excluding carboxylic acids is 1. The van der Waals surface area contributed by atoms with Crippen molar-refractivity contribution in [2.24, 2.45) is 5.92 Å². The first-order chi connectivity index (χ1) is 8.65. The first kappa shape index (κ1) is 12.8. The van der Waals surface area contributed by atoms with Crippen LogP contribution in [0.5, 0.6) is 5.75 Å². The van der Waals surface area contributed by atoms with E-state index >= 15 is 0 Å². The van der Waals surface area contributed by atoms with Gasteiger partial charge in [-0.25, -0.2) is 8.78 Å². The molecule has 0 aliphatic carbocycles. The number of nitrogens with zero attached hydrogens (tertiary/aromatic N) is 1. The number of ether oxygens (including phenoxy) is 1. The van der Waals surface area contributed by atoms with Crippen molar-refractivity contribution >= 4 is 12.0 Å². The lowest BCUT2D eigenvalue weighted by atomic mass is 9.98. The van der Waals surface area contributed by atoms with E-state index in [9.17, 15) is 13.6 Å². The van der Waals surface area contributed by atoms with E-state index in [0.29, 0.717) is 25.9 Å². The Kier molecular flexibility index (Phi) is 3.79. The van der Waals surface area contributed by atoms with Crippen molar-refractivity contribution in [2.75, 3.05) is 25.1 Å². The van der Waals surface area contributed by atoms with Crippen molar-refractivity contribution < 1.29 is 18.3 Å². The monoisotopic (exact) mass is 255 g/mol. The van der Waals surface area contributed by atoms with Gasteiger partial charge in [-0.3, -0.25) is 0 Å². The molecule has 5 heteroatoms. The number of hydrogen-bond donors (Lipinski definition) is 0. The van der Waals surface area contributed by atoms with Gasteiger partial charge in [0.15, 0.2) is 11.6 Å². The van der Waals surface area contributed by atoms with Gasteiger partial charge in [-0.05, 0) is 12.8 Å². The molecule has 0 radical (unpaired) electrons. The maximum absolute atomic E-state index is 13.8. The van der Waals surface area contributed by atoms with E-state index in [1.54, 1.807) is 4.90 Å². The second kappa shape index (κ2) is 5.33. The van der Waals surface area contributed by atoms with E-state index in [2.05, 4.69) is 0 Å². The highest BCUT2D eigenvalue weighted by Gasteiger charge is 2.22. The van der Waals surface area contributed by atoms with Crippen LogP contribution in [-0.2, 0) is 4.79 Å². The van der Waals surface area contributed by atoms with Gasteiger partial charge in [0.05, 0.1) is 12.8 Å². The van der Waals surface area contributed by atoms with Crippen molar-refractivity contribution in [3.8, 4) is 5.75 Å². The molecule has 18 heavy (non-hydrogen) atoms. The normalized spacial score (nSPS) is 16.7. The molecule has 2 rings (SSSR count). The second-order valence-corrected chi connectivity index (χ2v) is 4.40. The number of piperidine rings is 1. The number of anilines is 1. The Hall–Kier alpha value is -1.65. The smallest absolute Gasteiger partial charge is 0.167 e. The Labute approximate surface area is 104 Å². The van der Waals surface area contributed by atoms with E-state index in [1.807, 2.05) is 0 Å². The molecule has 0 aromatic heterocycles. The third kappa shape index (κ3) is 2.44. The van der Waals surface area contributed by atoms with Crippen LogP contribution in [0.2, 0.25) is 0 Å². The zero-order valence-electron chi connectivity index (χ0n) is 10.2. The highest BCUT2D eigenvalue weighted by molar-refractivity contribution is 5.56. The third-order valence-electron chi connectivity index (χ3n) is 3.29. The van der Waals surface area contributed by atoms with Gasteiger partial charge >= 0.3 is 0 Å². The molecule has 98 valence electrons. The fourth-order valence-electron chi connectivity index (χ4n) is 2.19. The minimum Gasteiger partial charge on any atom is -0.494 e. The maximum atomic E-state index is 13.8. The molecule has 3 nitrogen and oxygen atoms in total. The lowest BCUT2D eigenvalue weighted by molar-refractivity contribution is -0.111. The van der Waals surface area contributed by atoms with Gasteiger partial charge in [0.1, 0.15) is 12.1 Å². The predicted octanol–water partition coefficient (Wildman–Crippen LogP) is 2.39. The second-order valence-electron chi connectivity index (χ2n) is 4.40. The molecule has 1 fully saturated rings. The van der Waals surface area contributed by atoms with E-state index in [-0.39, 0.29) is 17.4 Å². The average Bonchev–Trinajstić information content (AvgIpc) is 2.41. The van der Waals surface area contributed by atoms with E-state index < -0.39 is 11.6 Å². The highest BCUT2D eigenvalue weighted by atomic mass is 19.1. The van der Waals surface area contributed by atoms with Crippen LogP contribution in [0.25, 0.3) is 0 Å². The van der Waals surface area contributed by atoms with Gasteiger partial charge < -0.3 is 14.4 Å². The summed E-state index contributed by atoms with van der Waals surface area (Å²) in [6.45, 7) is 1.12. The van der Waals surface area contributed by atoms with Crippen molar-refractivity contribution in [1.82, 2.24) is 0 Å². The zero-order valence-corrected chi connectivity index (χ0v) is 10.2. The van der Waals surface area contributed by atoms with Crippen LogP contribution in [0.15, 0.2) is 12.1 Å². The summed E-state index contributed by atoms with van der Waals surface area (Å²) in [4.78, 5) is 12.4. The fourth-order valence-corrected chi connectivity index (χ4v) is 2.19. The predicted molar refractivity (Wildman–Crippen MR) is 63.9 cm³/mol. The quantitative estimate of drug-likeness (QED) is 0.777. The van der Waals surface area contributed by atoms with Crippen molar-refractivity contribution in [3.63, 3.8) is 0 Å². The molecule has 1 saturated heterocycles. The Bertz CT molecular complexity index is 443. The van der Waals surface area contributed by atoms with Crippen LogP contribution in [0, 0.1) is 17.6 Å². The lowest BCUT2D eigenvalue weighted by Crippen LogP contribution is -2.34. The minimum atomic E-state index is -0.577. The van der Waals surface area contributed by atoms with Gasteiger partial charge in [-0.15, -0.1) is 0 Å². The number of rotatable bonds is 3. The van der Waals surface area contributed by atoms with E-state index in [0.717, 1.165) is 18.4 Å². The molecule has 0 atom stereocenters. The number of methoxy groups -OCH3 is 1. The Morgan fingerprint density at radius 3 is 2.50 bits per heavy atom. The summed E-state index contributed by atoms with van der Waals surface area (Å²) in [6, 6.07) is 2.20. The number of carbonyl (C=O) groups is 1. The minimum absolute atomic E-state index is 0.0346. The fraction of sp³-hybridized carbons (Fsp3) is 0.462. The van der Waals surface area contributed by atoms with E-state index in [4.69, 9.17) is 4.74 Å². The number of halogens is 2. The summed E-state index contributed by atoms with van der Waals surface area (Å²) in [7, 11) is 1.30. The van der Waals surface area contributed by atoms with Crippen molar-refractivity contribution in [3.05, 3.63) is 23.8 Å². The Morgan fingerprint density at radius 2 is 1.94 bits per heavy atom. The molecular weight excluding hydrogens is 240 g/mol. The summed E-state index contributed by atoms with van der Waals surface area (Å²) in [5.74, 6) is -1.14. The van der Waals surface area contributed by atoms with Gasteiger partial charge in [-0.1, -0.05) is 0 Å². The van der Waals surface area contributed by atoms with Crippen LogP contribution in [-0.4, -0.2) is 26.5 Å². The molecule has 0 saturated carbocycles. The van der Waals surface area contributed by atoms with Gasteiger partial charge in [0.2, 0.25) is 0 Å². The van der Waals surface area contributed by atoms with Gasteiger partial charge in [0, 0.05) is 31.1 Å². The zero-order chi connectivity index (χ0) is 13.1.